The lowest BCUT2D eigenvalue weighted by Crippen LogP contribution is -2.73. The molecule has 0 atom stereocenters. The van der Waals surface area contributed by atoms with Gasteiger partial charge in [0, 0.05) is 28.3 Å². The van der Waals surface area contributed by atoms with Crippen LogP contribution in [0.2, 0.25) is 5.02 Å². The minimum absolute atomic E-state index is 0.148. The fourth-order valence-electron chi connectivity index (χ4n) is 6.20. The fraction of sp³-hybridized carbons (Fsp3) is 0.400. The van der Waals surface area contributed by atoms with Crippen LogP contribution < -0.4 is 5.32 Å². The summed E-state index contributed by atoms with van der Waals surface area (Å²) in [4.78, 5) is 29.0. The van der Waals surface area contributed by atoms with Crippen molar-refractivity contribution >= 4 is 34.4 Å². The molecule has 3 aromatic rings. The summed E-state index contributed by atoms with van der Waals surface area (Å²) in [6.07, 6.45) is 1.50. The van der Waals surface area contributed by atoms with Crippen molar-refractivity contribution in [3.05, 3.63) is 64.6 Å². The van der Waals surface area contributed by atoms with Crippen molar-refractivity contribution in [3.8, 4) is 0 Å². The summed E-state index contributed by atoms with van der Waals surface area (Å²) in [7, 11) is 0. The van der Waals surface area contributed by atoms with Gasteiger partial charge >= 0.3 is 12.1 Å². The van der Waals surface area contributed by atoms with Crippen molar-refractivity contribution in [2.45, 2.75) is 50.4 Å². The van der Waals surface area contributed by atoms with E-state index in [1.54, 1.807) is 29.0 Å². The molecule has 4 saturated carbocycles. The number of pyridine rings is 1. The monoisotopic (exact) mass is 503 g/mol. The Labute approximate surface area is 203 Å². The zero-order chi connectivity index (χ0) is 24.8. The Bertz CT molecular complexity index is 1370. The minimum atomic E-state index is -4.46. The third-order valence-corrected chi connectivity index (χ3v) is 8.37. The second kappa shape index (κ2) is 7.00. The maximum absolute atomic E-state index is 13.5. The Morgan fingerprint density at radius 1 is 1.14 bits per heavy atom. The van der Waals surface area contributed by atoms with Crippen LogP contribution in [0.4, 0.5) is 13.2 Å². The van der Waals surface area contributed by atoms with Gasteiger partial charge in [0.15, 0.2) is 0 Å². The average Bonchev–Trinajstić information content (AvgIpc) is 3.37. The number of rotatable bonds is 6. The van der Waals surface area contributed by atoms with Crippen LogP contribution in [0.15, 0.2) is 42.7 Å². The van der Waals surface area contributed by atoms with E-state index < -0.39 is 23.1 Å². The molecule has 0 radical (unpaired) electrons. The number of alkyl halides is 3. The molecule has 0 spiro atoms. The molecule has 182 valence electrons. The van der Waals surface area contributed by atoms with E-state index in [9.17, 15) is 27.9 Å². The number of carbonyl (C=O) groups excluding carboxylic acids is 1. The summed E-state index contributed by atoms with van der Waals surface area (Å²) in [6.45, 7) is 0.180. The molecule has 2 aromatic heterocycles. The van der Waals surface area contributed by atoms with Gasteiger partial charge in [-0.05, 0) is 67.9 Å². The van der Waals surface area contributed by atoms with Gasteiger partial charge in [-0.25, -0.2) is 0 Å². The molecular weight excluding hydrogens is 483 g/mol. The minimum Gasteiger partial charge on any atom is -0.481 e. The van der Waals surface area contributed by atoms with Crippen LogP contribution in [0.3, 0.4) is 0 Å². The number of hydrogen-bond acceptors (Lipinski definition) is 3. The Hall–Kier alpha value is -3.07. The van der Waals surface area contributed by atoms with Gasteiger partial charge in [-0.15, -0.1) is 0 Å². The number of nitrogens with zero attached hydrogens (tertiary/aromatic N) is 2. The Balaban J connectivity index is 1.28. The molecule has 0 unspecified atom stereocenters. The number of carboxylic acids is 1. The first kappa shape index (κ1) is 22.4. The molecule has 10 heteroatoms. The molecule has 4 aliphatic rings. The van der Waals surface area contributed by atoms with Crippen LogP contribution in [0.5, 0.6) is 0 Å². The molecule has 7 rings (SSSR count). The summed E-state index contributed by atoms with van der Waals surface area (Å²) >= 11 is 6.30. The third-order valence-electron chi connectivity index (χ3n) is 8.16. The molecule has 1 amide bonds. The largest absolute Gasteiger partial charge is 0.481 e. The molecule has 35 heavy (non-hydrogen) atoms. The SMILES string of the molecule is O=C(NC1(C23CC(C(=O)O)(C2)C3)CC1)c1cc(Cl)cc2ccn(Cc3ccc(C(F)(F)F)cn3)c12. The smallest absolute Gasteiger partial charge is 0.417 e. The van der Waals surface area contributed by atoms with Gasteiger partial charge in [0.05, 0.1) is 34.3 Å². The standard InChI is InChI=1S/C25H21ClF3N3O3/c26-16-7-14-3-6-32(10-17-2-1-15(9-30-17)25(27,28)29)19(14)18(8-16)20(33)31-24(4-5-24)23-11-22(12-23,13-23)21(34)35/h1-3,6-9H,4-5,10-13H2,(H,31,33)(H,34,35). The Kier molecular flexibility index (Phi) is 4.48. The van der Waals surface area contributed by atoms with Crippen LogP contribution >= 0.6 is 11.6 Å². The zero-order valence-corrected chi connectivity index (χ0v) is 19.2. The van der Waals surface area contributed by atoms with Gasteiger partial charge in [0.2, 0.25) is 0 Å². The van der Waals surface area contributed by atoms with E-state index in [0.717, 1.165) is 30.5 Å². The molecule has 0 aliphatic heterocycles. The molecule has 0 saturated heterocycles. The molecule has 2 bridgehead atoms. The maximum Gasteiger partial charge on any atom is 0.417 e. The number of fused-ring (bicyclic) bond motifs is 1. The molecule has 1 aromatic carbocycles. The number of aromatic nitrogens is 2. The van der Waals surface area contributed by atoms with Crippen LogP contribution in [-0.2, 0) is 17.5 Å². The zero-order valence-electron chi connectivity index (χ0n) is 18.5. The Morgan fingerprint density at radius 3 is 2.43 bits per heavy atom. The molecule has 2 heterocycles. The van der Waals surface area contributed by atoms with Gasteiger partial charge in [0.25, 0.3) is 5.91 Å². The van der Waals surface area contributed by atoms with E-state index in [2.05, 4.69) is 10.3 Å². The van der Waals surface area contributed by atoms with Gasteiger partial charge < -0.3 is 15.0 Å². The highest BCUT2D eigenvalue weighted by Crippen LogP contribution is 2.81. The van der Waals surface area contributed by atoms with Crippen molar-refractivity contribution in [2.24, 2.45) is 10.8 Å². The number of amides is 1. The van der Waals surface area contributed by atoms with Crippen molar-refractivity contribution < 1.29 is 27.9 Å². The van der Waals surface area contributed by atoms with Crippen molar-refractivity contribution in [2.75, 3.05) is 0 Å². The first-order valence-corrected chi connectivity index (χ1v) is 11.7. The lowest BCUT2D eigenvalue weighted by molar-refractivity contribution is -0.236. The van der Waals surface area contributed by atoms with E-state index in [4.69, 9.17) is 11.6 Å². The van der Waals surface area contributed by atoms with Crippen LogP contribution in [0, 0.1) is 10.8 Å². The number of hydrogen-bond donors (Lipinski definition) is 2. The highest BCUT2D eigenvalue weighted by Gasteiger charge is 2.81. The number of carbonyl (C=O) groups is 2. The van der Waals surface area contributed by atoms with Crippen molar-refractivity contribution in [1.82, 2.24) is 14.9 Å². The van der Waals surface area contributed by atoms with E-state index in [0.29, 0.717) is 41.1 Å². The second-order valence-corrected chi connectivity index (χ2v) is 10.7. The summed E-state index contributed by atoms with van der Waals surface area (Å²) < 4.78 is 40.4. The molecule has 6 nitrogen and oxygen atoms in total. The number of halogens is 4. The lowest BCUT2D eigenvalue weighted by Gasteiger charge is -2.71. The predicted molar refractivity (Wildman–Crippen MR) is 121 cm³/mol. The number of benzene rings is 1. The van der Waals surface area contributed by atoms with E-state index >= 15 is 0 Å². The second-order valence-electron chi connectivity index (χ2n) is 10.3. The highest BCUT2D eigenvalue weighted by atomic mass is 35.5. The first-order valence-electron chi connectivity index (χ1n) is 11.3. The van der Waals surface area contributed by atoms with E-state index in [1.165, 1.54) is 6.07 Å². The lowest BCUT2D eigenvalue weighted by atomic mass is 9.32. The topological polar surface area (TPSA) is 84.2 Å². The third kappa shape index (κ3) is 3.27. The van der Waals surface area contributed by atoms with Crippen LogP contribution in [0.1, 0.15) is 53.7 Å². The van der Waals surface area contributed by atoms with E-state index in [-0.39, 0.29) is 23.4 Å². The van der Waals surface area contributed by atoms with Crippen LogP contribution in [-0.4, -0.2) is 32.1 Å². The number of nitrogens with one attached hydrogen (secondary N) is 1. The number of carboxylic acid groups (broad SMARTS) is 1. The van der Waals surface area contributed by atoms with Gasteiger partial charge in [-0.3, -0.25) is 14.6 Å². The van der Waals surface area contributed by atoms with Gasteiger partial charge in [-0.1, -0.05) is 11.6 Å². The normalized spacial score (nSPS) is 26.1. The maximum atomic E-state index is 13.5. The molecule has 4 fully saturated rings. The average molecular weight is 504 g/mol. The van der Waals surface area contributed by atoms with Crippen LogP contribution in [0.25, 0.3) is 10.9 Å². The van der Waals surface area contributed by atoms with Gasteiger partial charge in [0.1, 0.15) is 0 Å². The molecule has 4 aliphatic carbocycles. The van der Waals surface area contributed by atoms with E-state index in [1.807, 2.05) is 0 Å². The predicted octanol–water partition coefficient (Wildman–Crippen LogP) is 5.27. The van der Waals surface area contributed by atoms with Crippen molar-refractivity contribution in [3.63, 3.8) is 0 Å². The fourth-order valence-corrected chi connectivity index (χ4v) is 6.42. The summed E-state index contributed by atoms with van der Waals surface area (Å²) in [5.74, 6) is -1.04. The number of aliphatic carboxylic acids is 1. The highest BCUT2D eigenvalue weighted by molar-refractivity contribution is 6.32. The summed E-state index contributed by atoms with van der Waals surface area (Å²) in [5, 5.41) is 13.8. The molecular formula is C25H21ClF3N3O3. The summed E-state index contributed by atoms with van der Waals surface area (Å²) in [5.41, 5.74) is -0.568. The quantitative estimate of drug-likeness (QED) is 0.480. The first-order chi connectivity index (χ1) is 16.5. The molecule has 2 N–H and O–H groups in total. The summed E-state index contributed by atoms with van der Waals surface area (Å²) in [6, 6.07) is 7.43. The van der Waals surface area contributed by atoms with Crippen molar-refractivity contribution in [1.29, 1.82) is 0 Å². The van der Waals surface area contributed by atoms with Gasteiger partial charge in [-0.2, -0.15) is 13.2 Å². The Morgan fingerprint density at radius 2 is 1.86 bits per heavy atom.